The van der Waals surface area contributed by atoms with E-state index in [9.17, 15) is 4.79 Å². The van der Waals surface area contributed by atoms with Gasteiger partial charge >= 0.3 is 0 Å². The fraction of sp³-hybridized carbons (Fsp3) is 0.500. The number of hydrogen-bond donors (Lipinski definition) is 1. The van der Waals surface area contributed by atoms with E-state index in [1.807, 2.05) is 30.9 Å². The lowest BCUT2D eigenvalue weighted by Gasteiger charge is -2.21. The topological polar surface area (TPSA) is 46.3 Å². The summed E-state index contributed by atoms with van der Waals surface area (Å²) in [6.45, 7) is 7.58. The van der Waals surface area contributed by atoms with Crippen LogP contribution in [0.4, 0.5) is 5.69 Å². The highest BCUT2D eigenvalue weighted by Gasteiger charge is 2.16. The van der Waals surface area contributed by atoms with Crippen LogP contribution in [0.15, 0.2) is 18.2 Å². The van der Waals surface area contributed by atoms with Crippen molar-refractivity contribution in [3.63, 3.8) is 0 Å². The first-order valence-corrected chi connectivity index (χ1v) is 6.26. The molecular formula is C14H22N2O. The third-order valence-electron chi connectivity index (χ3n) is 3.01. The number of carbonyl (C=O) groups excluding carboxylic acids is 1. The van der Waals surface area contributed by atoms with Crippen molar-refractivity contribution in [2.45, 2.75) is 33.6 Å². The zero-order valence-electron chi connectivity index (χ0n) is 11.0. The molecule has 0 spiro atoms. The maximum Gasteiger partial charge on any atom is 0.255 e. The molecule has 0 radical (unpaired) electrons. The van der Waals surface area contributed by atoms with Crippen molar-refractivity contribution in [2.24, 2.45) is 0 Å². The van der Waals surface area contributed by atoms with Gasteiger partial charge in [0.05, 0.1) is 5.56 Å². The highest BCUT2D eigenvalue weighted by atomic mass is 16.2. The molecule has 1 amide bonds. The third kappa shape index (κ3) is 3.22. The lowest BCUT2D eigenvalue weighted by atomic mass is 10.1. The standard InChI is InChI=1S/C14H22N2O/c1-4-6-10-16(5-2)14(17)12-9-7-8-11(3)13(12)15/h7-9H,4-6,10,15H2,1-3H3. The average molecular weight is 234 g/mol. The number of rotatable bonds is 5. The first-order chi connectivity index (χ1) is 8.11. The number of para-hydroxylation sites is 1. The summed E-state index contributed by atoms with van der Waals surface area (Å²) in [7, 11) is 0. The van der Waals surface area contributed by atoms with Crippen LogP contribution in [-0.2, 0) is 0 Å². The summed E-state index contributed by atoms with van der Waals surface area (Å²) in [5.41, 5.74) is 8.15. The summed E-state index contributed by atoms with van der Waals surface area (Å²) in [6, 6.07) is 5.61. The summed E-state index contributed by atoms with van der Waals surface area (Å²) in [6.07, 6.45) is 2.12. The molecule has 2 N–H and O–H groups in total. The fourth-order valence-corrected chi connectivity index (χ4v) is 1.79. The summed E-state index contributed by atoms with van der Waals surface area (Å²) in [5, 5.41) is 0. The molecule has 17 heavy (non-hydrogen) atoms. The molecule has 0 saturated heterocycles. The van der Waals surface area contributed by atoms with Gasteiger partial charge in [-0.05, 0) is 31.9 Å². The Balaban J connectivity index is 2.90. The van der Waals surface area contributed by atoms with E-state index in [0.29, 0.717) is 11.3 Å². The van der Waals surface area contributed by atoms with E-state index in [1.54, 1.807) is 6.07 Å². The van der Waals surface area contributed by atoms with Crippen molar-refractivity contribution in [3.8, 4) is 0 Å². The Morgan fingerprint density at radius 1 is 1.35 bits per heavy atom. The molecule has 1 rings (SSSR count). The van der Waals surface area contributed by atoms with Crippen molar-refractivity contribution < 1.29 is 4.79 Å². The van der Waals surface area contributed by atoms with Gasteiger partial charge in [-0.15, -0.1) is 0 Å². The van der Waals surface area contributed by atoms with Crippen LogP contribution in [0.5, 0.6) is 0 Å². The predicted octanol–water partition coefficient (Wildman–Crippen LogP) is 2.84. The number of aryl methyl sites for hydroxylation is 1. The monoisotopic (exact) mass is 234 g/mol. The van der Waals surface area contributed by atoms with Crippen LogP contribution in [0.25, 0.3) is 0 Å². The average Bonchev–Trinajstić information content (AvgIpc) is 2.33. The number of amides is 1. The van der Waals surface area contributed by atoms with E-state index in [0.717, 1.165) is 31.5 Å². The molecule has 3 heteroatoms. The molecule has 0 bridgehead atoms. The largest absolute Gasteiger partial charge is 0.398 e. The number of benzene rings is 1. The second-order valence-electron chi connectivity index (χ2n) is 4.27. The molecule has 1 aromatic rings. The Hall–Kier alpha value is -1.51. The first-order valence-electron chi connectivity index (χ1n) is 6.26. The van der Waals surface area contributed by atoms with E-state index >= 15 is 0 Å². The van der Waals surface area contributed by atoms with Gasteiger partial charge in [-0.1, -0.05) is 25.5 Å². The molecule has 94 valence electrons. The number of hydrogen-bond acceptors (Lipinski definition) is 2. The van der Waals surface area contributed by atoms with Crippen molar-refractivity contribution >= 4 is 11.6 Å². The van der Waals surface area contributed by atoms with Crippen molar-refractivity contribution in [3.05, 3.63) is 29.3 Å². The summed E-state index contributed by atoms with van der Waals surface area (Å²) in [4.78, 5) is 14.2. The molecule has 0 aromatic heterocycles. The van der Waals surface area contributed by atoms with E-state index in [4.69, 9.17) is 5.73 Å². The van der Waals surface area contributed by atoms with Crippen LogP contribution < -0.4 is 5.73 Å². The SMILES string of the molecule is CCCCN(CC)C(=O)c1cccc(C)c1N. The fourth-order valence-electron chi connectivity index (χ4n) is 1.79. The number of nitrogen functional groups attached to an aromatic ring is 1. The van der Waals surface area contributed by atoms with E-state index < -0.39 is 0 Å². The second-order valence-corrected chi connectivity index (χ2v) is 4.27. The van der Waals surface area contributed by atoms with Crippen LogP contribution >= 0.6 is 0 Å². The zero-order valence-corrected chi connectivity index (χ0v) is 11.0. The minimum absolute atomic E-state index is 0.0437. The molecule has 3 nitrogen and oxygen atoms in total. The molecule has 0 heterocycles. The van der Waals surface area contributed by atoms with Crippen LogP contribution in [0.1, 0.15) is 42.6 Å². The van der Waals surface area contributed by atoms with Crippen molar-refractivity contribution in [1.82, 2.24) is 4.90 Å². The van der Waals surface area contributed by atoms with E-state index in [2.05, 4.69) is 6.92 Å². The Kier molecular flexibility index (Phi) is 5.01. The van der Waals surface area contributed by atoms with Gasteiger partial charge in [0.25, 0.3) is 5.91 Å². The van der Waals surface area contributed by atoms with Crippen LogP contribution in [-0.4, -0.2) is 23.9 Å². The van der Waals surface area contributed by atoms with Crippen LogP contribution in [0.3, 0.4) is 0 Å². The Morgan fingerprint density at radius 3 is 2.65 bits per heavy atom. The maximum absolute atomic E-state index is 12.3. The quantitative estimate of drug-likeness (QED) is 0.796. The molecular weight excluding hydrogens is 212 g/mol. The lowest BCUT2D eigenvalue weighted by molar-refractivity contribution is 0.0763. The number of unbranched alkanes of at least 4 members (excludes halogenated alkanes) is 1. The molecule has 0 atom stereocenters. The van der Waals surface area contributed by atoms with Gasteiger partial charge in [0, 0.05) is 18.8 Å². The van der Waals surface area contributed by atoms with Gasteiger partial charge in [0.1, 0.15) is 0 Å². The number of nitrogens with zero attached hydrogens (tertiary/aromatic N) is 1. The molecule has 0 aliphatic heterocycles. The van der Waals surface area contributed by atoms with Gasteiger partial charge in [-0.2, -0.15) is 0 Å². The first kappa shape index (κ1) is 13.6. The zero-order chi connectivity index (χ0) is 12.8. The predicted molar refractivity (Wildman–Crippen MR) is 72.1 cm³/mol. The second kappa shape index (κ2) is 6.28. The van der Waals surface area contributed by atoms with Gasteiger partial charge in [-0.3, -0.25) is 4.79 Å². The van der Waals surface area contributed by atoms with Crippen LogP contribution in [0.2, 0.25) is 0 Å². The molecule has 0 aliphatic rings. The Morgan fingerprint density at radius 2 is 2.06 bits per heavy atom. The number of carbonyl (C=O) groups is 1. The van der Waals surface area contributed by atoms with E-state index in [-0.39, 0.29) is 5.91 Å². The lowest BCUT2D eigenvalue weighted by Crippen LogP contribution is -2.32. The molecule has 0 aliphatic carbocycles. The third-order valence-corrected chi connectivity index (χ3v) is 3.01. The Bertz CT molecular complexity index is 388. The normalized spacial score (nSPS) is 10.3. The van der Waals surface area contributed by atoms with Gasteiger partial charge in [0.15, 0.2) is 0 Å². The highest BCUT2D eigenvalue weighted by molar-refractivity contribution is 5.99. The minimum atomic E-state index is 0.0437. The smallest absolute Gasteiger partial charge is 0.255 e. The molecule has 0 saturated carbocycles. The van der Waals surface area contributed by atoms with Crippen molar-refractivity contribution in [2.75, 3.05) is 18.8 Å². The molecule has 0 fully saturated rings. The summed E-state index contributed by atoms with van der Waals surface area (Å²) in [5.74, 6) is 0.0437. The Labute approximate surface area is 104 Å². The van der Waals surface area contributed by atoms with E-state index in [1.165, 1.54) is 0 Å². The molecule has 1 aromatic carbocycles. The molecule has 0 unspecified atom stereocenters. The van der Waals surface area contributed by atoms with Gasteiger partial charge < -0.3 is 10.6 Å². The number of anilines is 1. The highest BCUT2D eigenvalue weighted by Crippen LogP contribution is 2.18. The summed E-state index contributed by atoms with van der Waals surface area (Å²) < 4.78 is 0. The summed E-state index contributed by atoms with van der Waals surface area (Å²) >= 11 is 0. The van der Waals surface area contributed by atoms with Gasteiger partial charge in [-0.25, -0.2) is 0 Å². The minimum Gasteiger partial charge on any atom is -0.398 e. The number of nitrogens with two attached hydrogens (primary N) is 1. The van der Waals surface area contributed by atoms with Crippen LogP contribution in [0, 0.1) is 6.92 Å². The van der Waals surface area contributed by atoms with Gasteiger partial charge in [0.2, 0.25) is 0 Å². The maximum atomic E-state index is 12.3. The van der Waals surface area contributed by atoms with Crippen molar-refractivity contribution in [1.29, 1.82) is 0 Å².